The third-order valence-corrected chi connectivity index (χ3v) is 4.10. The molecule has 2 heterocycles. The van der Waals surface area contributed by atoms with Crippen LogP contribution in [0.4, 0.5) is 5.00 Å². The fraction of sp³-hybridized carbons (Fsp3) is 0. The first kappa shape index (κ1) is 13.6. The van der Waals surface area contributed by atoms with E-state index in [1.807, 2.05) is 0 Å². The average molecular weight is 322 g/mol. The van der Waals surface area contributed by atoms with Crippen LogP contribution in [-0.4, -0.2) is 20.9 Å². The minimum Gasteiger partial charge on any atom is -0.476 e. The second-order valence-corrected chi connectivity index (χ2v) is 5.53. The van der Waals surface area contributed by atoms with E-state index in [-0.39, 0.29) is 26.5 Å². The number of hydrogen-bond donors (Lipinski definition) is 2. The summed E-state index contributed by atoms with van der Waals surface area (Å²) in [6, 6.07) is 6.55. The van der Waals surface area contributed by atoms with E-state index in [1.54, 1.807) is 24.3 Å². The van der Waals surface area contributed by atoms with Gasteiger partial charge >= 0.3 is 5.97 Å². The molecule has 0 bridgehead atoms. The number of thiophene rings is 1. The number of carbonyl (C=O) groups is 1. The predicted molar refractivity (Wildman–Crippen MR) is 81.6 cm³/mol. The smallest absolute Gasteiger partial charge is 0.357 e. The summed E-state index contributed by atoms with van der Waals surface area (Å²) in [7, 11) is 0. The van der Waals surface area contributed by atoms with E-state index in [0.717, 1.165) is 16.0 Å². The summed E-state index contributed by atoms with van der Waals surface area (Å²) in [5.74, 6) is -1.24. The number of aromatic nitrogens is 2. The van der Waals surface area contributed by atoms with Crippen molar-refractivity contribution in [1.82, 2.24) is 9.78 Å². The number of carboxylic acid groups (broad SMARTS) is 1. The number of halogens is 1. The summed E-state index contributed by atoms with van der Waals surface area (Å²) in [5, 5.41) is 15.6. The molecule has 0 aliphatic rings. The zero-order valence-corrected chi connectivity index (χ0v) is 12.0. The quantitative estimate of drug-likeness (QED) is 0.755. The number of para-hydroxylation sites is 1. The molecule has 1 aromatic carbocycles. The van der Waals surface area contributed by atoms with E-state index in [4.69, 9.17) is 17.3 Å². The normalized spacial score (nSPS) is 10.9. The largest absolute Gasteiger partial charge is 0.476 e. The summed E-state index contributed by atoms with van der Waals surface area (Å²) in [6.07, 6.45) is 0. The lowest BCUT2D eigenvalue weighted by Crippen LogP contribution is -2.24. The van der Waals surface area contributed by atoms with Crippen LogP contribution in [0.25, 0.3) is 16.5 Å². The highest BCUT2D eigenvalue weighted by Crippen LogP contribution is 2.28. The first-order valence-corrected chi connectivity index (χ1v) is 7.04. The Morgan fingerprint density at radius 3 is 2.76 bits per heavy atom. The lowest BCUT2D eigenvalue weighted by Gasteiger charge is -2.08. The molecule has 0 fully saturated rings. The van der Waals surface area contributed by atoms with Crippen molar-refractivity contribution >= 4 is 44.7 Å². The van der Waals surface area contributed by atoms with Gasteiger partial charge in [-0.3, -0.25) is 4.79 Å². The van der Waals surface area contributed by atoms with Crippen molar-refractivity contribution in [3.8, 4) is 5.69 Å². The van der Waals surface area contributed by atoms with Gasteiger partial charge < -0.3 is 10.8 Å². The van der Waals surface area contributed by atoms with E-state index in [1.165, 1.54) is 5.38 Å². The summed E-state index contributed by atoms with van der Waals surface area (Å²) in [6.45, 7) is 0. The number of benzene rings is 1. The summed E-state index contributed by atoms with van der Waals surface area (Å²) in [5.41, 5.74) is 5.35. The molecule has 0 aliphatic carbocycles. The van der Waals surface area contributed by atoms with Crippen LogP contribution in [0, 0.1) is 0 Å². The molecular weight excluding hydrogens is 314 g/mol. The van der Waals surface area contributed by atoms with Gasteiger partial charge in [-0.05, 0) is 12.1 Å². The highest BCUT2D eigenvalue weighted by atomic mass is 35.5. The Morgan fingerprint density at radius 1 is 1.38 bits per heavy atom. The molecule has 21 heavy (non-hydrogen) atoms. The Morgan fingerprint density at radius 2 is 2.10 bits per heavy atom. The second kappa shape index (κ2) is 4.87. The summed E-state index contributed by atoms with van der Waals surface area (Å²) >= 11 is 7.15. The average Bonchev–Trinajstić information content (AvgIpc) is 2.83. The van der Waals surface area contributed by atoms with E-state index in [2.05, 4.69) is 5.10 Å². The van der Waals surface area contributed by atoms with Crippen LogP contribution in [0.1, 0.15) is 10.5 Å². The second-order valence-electron chi connectivity index (χ2n) is 4.21. The van der Waals surface area contributed by atoms with Gasteiger partial charge in [-0.25, -0.2) is 4.79 Å². The molecule has 0 amide bonds. The third kappa shape index (κ3) is 2.07. The molecule has 6 nitrogen and oxygen atoms in total. The maximum absolute atomic E-state index is 12.5. The third-order valence-electron chi connectivity index (χ3n) is 2.96. The number of anilines is 1. The molecule has 0 spiro atoms. The predicted octanol–water partition coefficient (Wildman–Crippen LogP) is 2.38. The summed E-state index contributed by atoms with van der Waals surface area (Å²) < 4.78 is 0.969. The molecule has 0 atom stereocenters. The Labute approximate surface area is 127 Å². The SMILES string of the molecule is Nc1scc2c(C(=O)O)nn(-c3ccccc3Cl)c(=O)c12. The number of aromatic carboxylic acids is 1. The maximum atomic E-state index is 12.5. The van der Waals surface area contributed by atoms with Crippen molar-refractivity contribution in [2.24, 2.45) is 0 Å². The Kier molecular flexibility index (Phi) is 3.15. The number of nitrogens with two attached hydrogens (primary N) is 1. The minimum absolute atomic E-state index is 0.146. The molecule has 0 saturated carbocycles. The number of hydrogen-bond acceptors (Lipinski definition) is 5. The van der Waals surface area contributed by atoms with Crippen molar-refractivity contribution in [2.45, 2.75) is 0 Å². The first-order valence-electron chi connectivity index (χ1n) is 5.79. The summed E-state index contributed by atoms with van der Waals surface area (Å²) in [4.78, 5) is 23.9. The topological polar surface area (TPSA) is 98.2 Å². The van der Waals surface area contributed by atoms with Crippen LogP contribution < -0.4 is 11.3 Å². The zero-order chi connectivity index (χ0) is 15.1. The van der Waals surface area contributed by atoms with Crippen molar-refractivity contribution in [3.63, 3.8) is 0 Å². The van der Waals surface area contributed by atoms with Gasteiger partial charge in [0.1, 0.15) is 0 Å². The fourth-order valence-electron chi connectivity index (χ4n) is 2.02. The Bertz CT molecular complexity index is 932. The standard InChI is InChI=1S/C13H8ClN3O3S/c14-7-3-1-2-4-8(7)17-12(18)9-6(5-21-11(9)15)10(16-17)13(19)20/h1-5H,15H2,(H,19,20). The number of nitrogen functional groups attached to an aromatic ring is 1. The molecule has 3 rings (SSSR count). The van der Waals surface area contributed by atoms with E-state index >= 15 is 0 Å². The fourth-order valence-corrected chi connectivity index (χ4v) is 3.02. The molecule has 0 radical (unpaired) electrons. The van der Waals surface area contributed by atoms with Crippen LogP contribution in [-0.2, 0) is 0 Å². The zero-order valence-electron chi connectivity index (χ0n) is 10.4. The molecule has 8 heteroatoms. The lowest BCUT2D eigenvalue weighted by molar-refractivity contribution is 0.0691. The van der Waals surface area contributed by atoms with Gasteiger partial charge in [-0.2, -0.15) is 9.78 Å². The lowest BCUT2D eigenvalue weighted by atomic mass is 10.2. The monoisotopic (exact) mass is 321 g/mol. The number of rotatable bonds is 2. The van der Waals surface area contributed by atoms with Crippen LogP contribution in [0.5, 0.6) is 0 Å². The maximum Gasteiger partial charge on any atom is 0.357 e. The van der Waals surface area contributed by atoms with Crippen molar-refractivity contribution in [3.05, 3.63) is 50.7 Å². The van der Waals surface area contributed by atoms with E-state index in [0.29, 0.717) is 5.69 Å². The van der Waals surface area contributed by atoms with Gasteiger partial charge in [0, 0.05) is 10.8 Å². The van der Waals surface area contributed by atoms with Gasteiger partial charge in [0.2, 0.25) is 0 Å². The molecule has 106 valence electrons. The van der Waals surface area contributed by atoms with Crippen LogP contribution in [0.3, 0.4) is 0 Å². The van der Waals surface area contributed by atoms with Crippen LogP contribution in [0.15, 0.2) is 34.4 Å². The van der Waals surface area contributed by atoms with Gasteiger partial charge in [-0.15, -0.1) is 11.3 Å². The number of nitrogens with zero attached hydrogens (tertiary/aromatic N) is 2. The molecular formula is C13H8ClN3O3S. The van der Waals surface area contributed by atoms with Crippen molar-refractivity contribution < 1.29 is 9.90 Å². The van der Waals surface area contributed by atoms with Crippen molar-refractivity contribution in [1.29, 1.82) is 0 Å². The molecule has 3 N–H and O–H groups in total. The number of carboxylic acids is 1. The van der Waals surface area contributed by atoms with Crippen LogP contribution in [0.2, 0.25) is 5.02 Å². The highest BCUT2D eigenvalue weighted by Gasteiger charge is 2.20. The molecule has 2 aromatic heterocycles. The van der Waals surface area contributed by atoms with Gasteiger partial charge in [0.15, 0.2) is 5.69 Å². The molecule has 0 aliphatic heterocycles. The number of fused-ring (bicyclic) bond motifs is 1. The first-order chi connectivity index (χ1) is 10.0. The van der Waals surface area contributed by atoms with Gasteiger partial charge in [0.05, 0.1) is 21.1 Å². The Balaban J connectivity index is 2.47. The van der Waals surface area contributed by atoms with Crippen LogP contribution >= 0.6 is 22.9 Å². The molecule has 0 unspecified atom stereocenters. The molecule has 3 aromatic rings. The highest BCUT2D eigenvalue weighted by molar-refractivity contribution is 7.15. The van der Waals surface area contributed by atoms with Crippen molar-refractivity contribution in [2.75, 3.05) is 5.73 Å². The molecule has 0 saturated heterocycles. The van der Waals surface area contributed by atoms with E-state index < -0.39 is 11.5 Å². The van der Waals surface area contributed by atoms with E-state index in [9.17, 15) is 14.7 Å². The Hall–Kier alpha value is -2.38. The van der Waals surface area contributed by atoms with Gasteiger partial charge in [0.25, 0.3) is 5.56 Å². The minimum atomic E-state index is -1.24. The van der Waals surface area contributed by atoms with Gasteiger partial charge in [-0.1, -0.05) is 23.7 Å².